The van der Waals surface area contributed by atoms with Crippen molar-refractivity contribution in [1.29, 1.82) is 0 Å². The maximum absolute atomic E-state index is 11.1. The monoisotopic (exact) mass is 247 g/mol. The molecule has 1 fully saturated rings. The average molecular weight is 247 g/mol. The lowest BCUT2D eigenvalue weighted by Crippen LogP contribution is -2.08. The number of carbonyl (C=O) groups is 1. The molecule has 0 radical (unpaired) electrons. The lowest BCUT2D eigenvalue weighted by atomic mass is 9.98. The van der Waals surface area contributed by atoms with Crippen molar-refractivity contribution in [3.63, 3.8) is 0 Å². The number of hydrogen-bond acceptors (Lipinski definition) is 5. The van der Waals surface area contributed by atoms with Crippen LogP contribution in [-0.4, -0.2) is 26.6 Å². The van der Waals surface area contributed by atoms with Crippen LogP contribution in [0.1, 0.15) is 28.8 Å². The molecule has 0 bridgehead atoms. The standard InChI is InChI=1S/C13H13NO4/c1-17-11-5-9(7-15)10(6-12(11)18-2)13(3-4-13)14-8-16/h5-7H,3-4H2,1-2H3. The van der Waals surface area contributed by atoms with Gasteiger partial charge in [0.25, 0.3) is 0 Å². The molecule has 5 nitrogen and oxygen atoms in total. The molecule has 0 N–H and O–H groups in total. The zero-order valence-electron chi connectivity index (χ0n) is 10.2. The Morgan fingerprint density at radius 2 is 1.89 bits per heavy atom. The van der Waals surface area contributed by atoms with Crippen LogP contribution in [0.2, 0.25) is 0 Å². The molecule has 0 aliphatic heterocycles. The molecule has 1 saturated carbocycles. The summed E-state index contributed by atoms with van der Waals surface area (Å²) in [7, 11) is 3.02. The van der Waals surface area contributed by atoms with Gasteiger partial charge >= 0.3 is 0 Å². The van der Waals surface area contributed by atoms with Gasteiger partial charge in [-0.3, -0.25) is 4.79 Å². The maximum Gasteiger partial charge on any atom is 0.235 e. The van der Waals surface area contributed by atoms with Crippen LogP contribution in [0, 0.1) is 0 Å². The molecule has 2 rings (SSSR count). The predicted octanol–water partition coefficient (Wildman–Crippen LogP) is 1.84. The highest BCUT2D eigenvalue weighted by Gasteiger charge is 2.46. The van der Waals surface area contributed by atoms with Gasteiger partial charge in [0, 0.05) is 5.56 Å². The Kier molecular flexibility index (Phi) is 3.17. The highest BCUT2D eigenvalue weighted by atomic mass is 16.5. The first-order valence-corrected chi connectivity index (χ1v) is 5.51. The van der Waals surface area contributed by atoms with Crippen molar-refractivity contribution in [1.82, 2.24) is 0 Å². The lowest BCUT2D eigenvalue weighted by Gasteiger charge is -2.15. The van der Waals surface area contributed by atoms with Gasteiger partial charge in [-0.05, 0) is 30.5 Å². The fourth-order valence-corrected chi connectivity index (χ4v) is 2.04. The van der Waals surface area contributed by atoms with Crippen molar-refractivity contribution >= 4 is 12.4 Å². The molecule has 5 heteroatoms. The van der Waals surface area contributed by atoms with Crippen molar-refractivity contribution in [3.8, 4) is 11.5 Å². The Bertz CT molecular complexity index is 528. The molecule has 0 heterocycles. The minimum Gasteiger partial charge on any atom is -0.493 e. The molecule has 1 aliphatic rings. The quantitative estimate of drug-likeness (QED) is 0.452. The van der Waals surface area contributed by atoms with Crippen molar-refractivity contribution < 1.29 is 19.1 Å². The van der Waals surface area contributed by atoms with E-state index in [1.54, 1.807) is 18.2 Å². The second-order valence-electron chi connectivity index (χ2n) is 4.15. The van der Waals surface area contributed by atoms with Crippen molar-refractivity contribution in [2.24, 2.45) is 4.99 Å². The van der Waals surface area contributed by atoms with Gasteiger partial charge in [0.05, 0.1) is 19.8 Å². The summed E-state index contributed by atoms with van der Waals surface area (Å²) in [6.45, 7) is 0. The summed E-state index contributed by atoms with van der Waals surface area (Å²) in [5.41, 5.74) is 0.556. The first kappa shape index (κ1) is 12.3. The van der Waals surface area contributed by atoms with E-state index in [0.29, 0.717) is 22.6 Å². The fourth-order valence-electron chi connectivity index (χ4n) is 2.04. The first-order valence-electron chi connectivity index (χ1n) is 5.51. The number of hydrogen-bond donors (Lipinski definition) is 0. The number of isocyanates is 1. The van der Waals surface area contributed by atoms with Gasteiger partial charge in [-0.1, -0.05) is 0 Å². The van der Waals surface area contributed by atoms with E-state index in [9.17, 15) is 9.59 Å². The van der Waals surface area contributed by atoms with Crippen molar-refractivity contribution in [2.75, 3.05) is 14.2 Å². The topological polar surface area (TPSA) is 65.0 Å². The van der Waals surface area contributed by atoms with Crippen LogP contribution in [0.15, 0.2) is 17.1 Å². The molecule has 1 aliphatic carbocycles. The van der Waals surface area contributed by atoms with Crippen LogP contribution < -0.4 is 9.47 Å². The SMILES string of the molecule is COc1cc(C=O)c(C2(N=C=O)CC2)cc1OC. The molecule has 0 amide bonds. The van der Waals surface area contributed by atoms with Crippen LogP contribution in [0.25, 0.3) is 0 Å². The third-order valence-electron chi connectivity index (χ3n) is 3.17. The van der Waals surface area contributed by atoms with Crippen LogP contribution in [-0.2, 0) is 10.3 Å². The summed E-state index contributed by atoms with van der Waals surface area (Å²) in [5.74, 6) is 1.000. The summed E-state index contributed by atoms with van der Waals surface area (Å²) >= 11 is 0. The van der Waals surface area contributed by atoms with Gasteiger partial charge < -0.3 is 9.47 Å². The Morgan fingerprint density at radius 1 is 1.28 bits per heavy atom. The van der Waals surface area contributed by atoms with E-state index in [0.717, 1.165) is 19.1 Å². The number of nitrogens with zero attached hydrogens (tertiary/aromatic N) is 1. The molecule has 18 heavy (non-hydrogen) atoms. The van der Waals surface area contributed by atoms with Crippen molar-refractivity contribution in [2.45, 2.75) is 18.4 Å². The lowest BCUT2D eigenvalue weighted by molar-refractivity contribution is 0.112. The molecule has 94 valence electrons. The normalized spacial score (nSPS) is 15.4. The molecule has 1 aromatic carbocycles. The molecular weight excluding hydrogens is 234 g/mol. The third kappa shape index (κ3) is 1.89. The number of aliphatic imine (C=N–C) groups is 1. The van der Waals surface area contributed by atoms with Gasteiger partial charge in [0.15, 0.2) is 17.8 Å². The summed E-state index contributed by atoms with van der Waals surface area (Å²) < 4.78 is 10.3. The second kappa shape index (κ2) is 4.63. The van der Waals surface area contributed by atoms with Crippen LogP contribution >= 0.6 is 0 Å². The molecule has 0 unspecified atom stereocenters. The molecule has 0 spiro atoms. The van der Waals surface area contributed by atoms with Gasteiger partial charge in [0.1, 0.15) is 0 Å². The van der Waals surface area contributed by atoms with E-state index >= 15 is 0 Å². The fraction of sp³-hybridized carbons (Fsp3) is 0.385. The highest BCUT2D eigenvalue weighted by molar-refractivity contribution is 5.80. The molecule has 0 atom stereocenters. The van der Waals surface area contributed by atoms with Gasteiger partial charge in [-0.15, -0.1) is 0 Å². The molecule has 1 aromatic rings. The number of rotatable bonds is 5. The summed E-state index contributed by atoms with van der Waals surface area (Å²) in [5, 5.41) is 0. The Labute approximate surface area is 104 Å². The third-order valence-corrected chi connectivity index (χ3v) is 3.17. The van der Waals surface area contributed by atoms with Gasteiger partial charge in [-0.25, -0.2) is 4.79 Å². The summed E-state index contributed by atoms with van der Waals surface area (Å²) in [6.07, 6.45) is 3.78. The van der Waals surface area contributed by atoms with E-state index in [4.69, 9.17) is 9.47 Å². The van der Waals surface area contributed by atoms with E-state index < -0.39 is 5.54 Å². The highest BCUT2D eigenvalue weighted by Crippen LogP contribution is 2.51. The number of ether oxygens (including phenoxy) is 2. The van der Waals surface area contributed by atoms with Gasteiger partial charge in [0.2, 0.25) is 6.08 Å². The molecule has 0 saturated heterocycles. The number of methoxy groups -OCH3 is 2. The number of carbonyl (C=O) groups excluding carboxylic acids is 2. The molecular formula is C13H13NO4. The minimum absolute atomic E-state index is 0.462. The minimum atomic E-state index is -0.600. The zero-order chi connectivity index (χ0) is 13.2. The first-order chi connectivity index (χ1) is 8.70. The summed E-state index contributed by atoms with van der Waals surface area (Å²) in [4.78, 5) is 25.4. The van der Waals surface area contributed by atoms with Crippen LogP contribution in [0.4, 0.5) is 0 Å². The number of benzene rings is 1. The van der Waals surface area contributed by atoms with Crippen LogP contribution in [0.5, 0.6) is 11.5 Å². The summed E-state index contributed by atoms with van der Waals surface area (Å²) in [6, 6.07) is 3.30. The average Bonchev–Trinajstić information content (AvgIpc) is 3.18. The van der Waals surface area contributed by atoms with Gasteiger partial charge in [-0.2, -0.15) is 4.99 Å². The zero-order valence-corrected chi connectivity index (χ0v) is 10.2. The van der Waals surface area contributed by atoms with Crippen molar-refractivity contribution in [3.05, 3.63) is 23.3 Å². The smallest absolute Gasteiger partial charge is 0.235 e. The predicted molar refractivity (Wildman–Crippen MR) is 64.0 cm³/mol. The Hall–Kier alpha value is -2.13. The van der Waals surface area contributed by atoms with E-state index in [-0.39, 0.29) is 0 Å². The largest absolute Gasteiger partial charge is 0.493 e. The molecule has 0 aromatic heterocycles. The Morgan fingerprint density at radius 3 is 2.33 bits per heavy atom. The van der Waals surface area contributed by atoms with E-state index in [1.165, 1.54) is 14.2 Å². The maximum atomic E-state index is 11.1. The van der Waals surface area contributed by atoms with E-state index in [2.05, 4.69) is 4.99 Å². The van der Waals surface area contributed by atoms with Crippen LogP contribution in [0.3, 0.4) is 0 Å². The Balaban J connectivity index is 2.59. The number of aldehydes is 1. The second-order valence-corrected chi connectivity index (χ2v) is 4.15. The van der Waals surface area contributed by atoms with E-state index in [1.807, 2.05) is 0 Å².